The second-order valence-electron chi connectivity index (χ2n) is 6.12. The highest BCUT2D eigenvalue weighted by atomic mass is 19.4. The predicted octanol–water partition coefficient (Wildman–Crippen LogP) is -1.04. The average molecular weight is 431 g/mol. The molecule has 1 aliphatic heterocycles. The number of hydrogen-bond donors (Lipinski definition) is 4. The first-order valence-electron chi connectivity index (χ1n) is 8.25. The molecule has 1 amide bonds. The first-order valence-corrected chi connectivity index (χ1v) is 8.25. The summed E-state index contributed by atoms with van der Waals surface area (Å²) in [7, 11) is 0. The second-order valence-corrected chi connectivity index (χ2v) is 6.12. The van der Waals surface area contributed by atoms with Crippen LogP contribution in [-0.4, -0.2) is 63.8 Å². The van der Waals surface area contributed by atoms with Crippen molar-refractivity contribution in [3.63, 3.8) is 0 Å². The van der Waals surface area contributed by atoms with Crippen LogP contribution in [0, 0.1) is 11.8 Å². The summed E-state index contributed by atoms with van der Waals surface area (Å²) in [6.07, 6.45) is -6.50. The summed E-state index contributed by atoms with van der Waals surface area (Å²) in [6.45, 7) is -1.69. The number of carbonyl (C=O) groups is 1. The van der Waals surface area contributed by atoms with Crippen molar-refractivity contribution in [2.45, 2.75) is 30.5 Å². The zero-order chi connectivity index (χ0) is 22.5. The van der Waals surface area contributed by atoms with Crippen LogP contribution in [0.4, 0.5) is 19.0 Å². The Balaban J connectivity index is 2.38. The summed E-state index contributed by atoms with van der Waals surface area (Å²) in [5.74, 6) is 2.09. The fourth-order valence-electron chi connectivity index (χ4n) is 2.72. The van der Waals surface area contributed by atoms with E-state index < -0.39 is 55.4 Å². The minimum atomic E-state index is -5.06. The summed E-state index contributed by atoms with van der Waals surface area (Å²) in [6, 6.07) is 0. The molecule has 1 saturated heterocycles. The number of hydrogen-bond acceptors (Lipinski definition) is 8. The molecular formula is C15H16F3N7O5. The highest BCUT2D eigenvalue weighted by molar-refractivity contribution is 5.81. The molecule has 12 nitrogen and oxygen atoms in total. The fraction of sp³-hybridized carbons (Fsp3) is 0.533. The lowest BCUT2D eigenvalue weighted by molar-refractivity contribution is -0.173. The van der Waals surface area contributed by atoms with Crippen LogP contribution in [0.5, 0.6) is 0 Å². The van der Waals surface area contributed by atoms with Gasteiger partial charge in [-0.05, 0) is 5.53 Å². The van der Waals surface area contributed by atoms with E-state index in [0.29, 0.717) is 0 Å². The molecule has 5 N–H and O–H groups in total. The van der Waals surface area contributed by atoms with Crippen molar-refractivity contribution in [1.82, 2.24) is 14.9 Å². The van der Waals surface area contributed by atoms with Gasteiger partial charge in [-0.25, -0.2) is 4.79 Å². The van der Waals surface area contributed by atoms with Gasteiger partial charge in [-0.1, -0.05) is 17.0 Å². The molecule has 0 spiro atoms. The molecule has 0 aliphatic carbocycles. The minimum Gasteiger partial charge on any atom is -0.394 e. The van der Waals surface area contributed by atoms with Gasteiger partial charge in [0.05, 0.1) is 31.4 Å². The van der Waals surface area contributed by atoms with E-state index in [1.54, 1.807) is 5.32 Å². The van der Waals surface area contributed by atoms with Crippen LogP contribution >= 0.6 is 0 Å². The molecule has 1 aromatic heterocycles. The molecule has 15 heteroatoms. The quantitative estimate of drug-likeness (QED) is 0.198. The van der Waals surface area contributed by atoms with Gasteiger partial charge in [0.2, 0.25) is 0 Å². The lowest BCUT2D eigenvalue weighted by atomic mass is 10.1. The predicted molar refractivity (Wildman–Crippen MR) is 93.4 cm³/mol. The Bertz CT molecular complexity index is 980. The number of halogens is 3. The largest absolute Gasteiger partial charge is 0.471 e. The Labute approximate surface area is 166 Å². The number of anilines is 1. The van der Waals surface area contributed by atoms with Gasteiger partial charge in [-0.15, -0.1) is 0 Å². The summed E-state index contributed by atoms with van der Waals surface area (Å²) >= 11 is 0. The van der Waals surface area contributed by atoms with Crippen molar-refractivity contribution in [3.8, 4) is 11.8 Å². The van der Waals surface area contributed by atoms with Crippen molar-refractivity contribution < 1.29 is 32.9 Å². The van der Waals surface area contributed by atoms with Crippen LogP contribution in [0.15, 0.2) is 16.1 Å². The van der Waals surface area contributed by atoms with Crippen molar-refractivity contribution in [1.29, 1.82) is 0 Å². The highest BCUT2D eigenvalue weighted by Gasteiger charge is 2.47. The smallest absolute Gasteiger partial charge is 0.394 e. The lowest BCUT2D eigenvalue weighted by Crippen LogP contribution is -2.45. The number of nitrogen functional groups attached to an aromatic ring is 1. The Morgan fingerprint density at radius 3 is 2.87 bits per heavy atom. The van der Waals surface area contributed by atoms with Crippen LogP contribution in [0.2, 0.25) is 0 Å². The molecule has 2 rings (SSSR count). The number of nitrogens with two attached hydrogens (primary N) is 1. The molecule has 1 aliphatic rings. The SMILES string of the molecule is [N-]=[N+]=NC[C@]1(n2cc(C#CCNC(=O)C(F)(F)F)c(N)nc2=O)C[C@H](O)[C@@H](CO)O1. The number of azide groups is 1. The van der Waals surface area contributed by atoms with Gasteiger partial charge < -0.3 is 26.0 Å². The average Bonchev–Trinajstić information content (AvgIpc) is 3.00. The molecule has 3 atom stereocenters. The number of amides is 1. The molecule has 1 aromatic rings. The molecule has 0 saturated carbocycles. The first-order chi connectivity index (χ1) is 14.0. The third-order valence-corrected chi connectivity index (χ3v) is 4.10. The number of nitrogens with one attached hydrogen (secondary N) is 1. The van der Waals surface area contributed by atoms with E-state index in [-0.39, 0.29) is 17.8 Å². The molecule has 0 radical (unpaired) electrons. The molecule has 1 fully saturated rings. The van der Waals surface area contributed by atoms with Crippen molar-refractivity contribution in [3.05, 3.63) is 32.7 Å². The van der Waals surface area contributed by atoms with Gasteiger partial charge in [-0.3, -0.25) is 9.36 Å². The zero-order valence-corrected chi connectivity index (χ0v) is 15.1. The number of alkyl halides is 3. The fourth-order valence-corrected chi connectivity index (χ4v) is 2.72. The van der Waals surface area contributed by atoms with E-state index in [1.807, 2.05) is 0 Å². The van der Waals surface area contributed by atoms with Crippen LogP contribution in [-0.2, 0) is 15.3 Å². The summed E-state index contributed by atoms with van der Waals surface area (Å²) in [5, 5.41) is 24.3. The Kier molecular flexibility index (Phi) is 6.90. The number of carbonyl (C=O) groups excluding carboxylic acids is 1. The molecular weight excluding hydrogens is 415 g/mol. The van der Waals surface area contributed by atoms with Crippen molar-refractivity contribution in [2.24, 2.45) is 5.11 Å². The summed E-state index contributed by atoms with van der Waals surface area (Å²) < 4.78 is 42.9. The second kappa shape index (κ2) is 9.01. The van der Waals surface area contributed by atoms with Crippen LogP contribution in [0.3, 0.4) is 0 Å². The number of rotatable bonds is 5. The van der Waals surface area contributed by atoms with Gasteiger partial charge in [0.1, 0.15) is 11.9 Å². The van der Waals surface area contributed by atoms with E-state index in [0.717, 1.165) is 10.8 Å². The normalized spacial score (nSPS) is 23.2. The van der Waals surface area contributed by atoms with Gasteiger partial charge in [0.25, 0.3) is 0 Å². The van der Waals surface area contributed by atoms with E-state index in [1.165, 1.54) is 0 Å². The van der Waals surface area contributed by atoms with E-state index >= 15 is 0 Å². The van der Waals surface area contributed by atoms with Crippen LogP contribution < -0.4 is 16.7 Å². The molecule has 0 aromatic carbocycles. The third kappa shape index (κ3) is 4.99. The van der Waals surface area contributed by atoms with E-state index in [4.69, 9.17) is 16.0 Å². The van der Waals surface area contributed by atoms with Gasteiger partial charge in [0, 0.05) is 17.5 Å². The van der Waals surface area contributed by atoms with Crippen LogP contribution in [0.1, 0.15) is 12.0 Å². The van der Waals surface area contributed by atoms with Crippen LogP contribution in [0.25, 0.3) is 10.4 Å². The number of aliphatic hydroxyl groups is 2. The molecule has 30 heavy (non-hydrogen) atoms. The van der Waals surface area contributed by atoms with Gasteiger partial charge in [0.15, 0.2) is 5.72 Å². The summed E-state index contributed by atoms with van der Waals surface area (Å²) in [4.78, 5) is 29.3. The minimum absolute atomic E-state index is 0.0956. The maximum atomic E-state index is 12.4. The van der Waals surface area contributed by atoms with Crippen molar-refractivity contribution in [2.75, 3.05) is 25.4 Å². The van der Waals surface area contributed by atoms with E-state index in [2.05, 4.69) is 26.9 Å². The first kappa shape index (κ1) is 23.0. The maximum absolute atomic E-state index is 12.4. The number of nitrogens with zero attached hydrogens (tertiary/aromatic N) is 5. The molecule has 0 bridgehead atoms. The van der Waals surface area contributed by atoms with Crippen molar-refractivity contribution >= 4 is 11.7 Å². The molecule has 0 unspecified atom stereocenters. The number of aromatic nitrogens is 2. The lowest BCUT2D eigenvalue weighted by Gasteiger charge is -2.29. The molecule has 2 heterocycles. The molecule has 162 valence electrons. The zero-order valence-electron chi connectivity index (χ0n) is 15.1. The summed E-state index contributed by atoms with van der Waals surface area (Å²) in [5.41, 5.74) is 11.5. The topological polar surface area (TPSA) is 188 Å². The Morgan fingerprint density at radius 1 is 1.60 bits per heavy atom. The third-order valence-electron chi connectivity index (χ3n) is 4.10. The van der Waals surface area contributed by atoms with Gasteiger partial charge in [-0.2, -0.15) is 18.2 Å². The highest BCUT2D eigenvalue weighted by Crippen LogP contribution is 2.35. The van der Waals surface area contributed by atoms with Gasteiger partial charge >= 0.3 is 17.8 Å². The number of ether oxygens (including phenoxy) is 1. The number of aliphatic hydroxyl groups excluding tert-OH is 2. The van der Waals surface area contributed by atoms with E-state index in [9.17, 15) is 33.0 Å². The standard InChI is InChI=1S/C15H16F3N7O5/c16-15(17,18)12(28)21-3-1-2-8-5-25(13(29)23-11(8)19)14(7-22-24-20)4-9(27)10(6-26)30-14/h5,9-10,26-27H,3-4,6-7H2,(H,21,28)(H2,19,23,29)/t9-,10+,14-/m0/s1. The Morgan fingerprint density at radius 2 is 2.30 bits per heavy atom. The monoisotopic (exact) mass is 431 g/mol. The maximum Gasteiger partial charge on any atom is 0.471 e. The Hall–Kier alpha value is -3.31.